The highest BCUT2D eigenvalue weighted by molar-refractivity contribution is 7.91. The molecule has 1 atom stereocenters. The predicted molar refractivity (Wildman–Crippen MR) is 84.6 cm³/mol. The zero-order valence-electron chi connectivity index (χ0n) is 12.3. The van der Waals surface area contributed by atoms with E-state index in [1.165, 1.54) is 11.9 Å². The summed E-state index contributed by atoms with van der Waals surface area (Å²) in [6.07, 6.45) is 0.359. The minimum absolute atomic E-state index is 0.0488. The molecule has 1 aliphatic heterocycles. The summed E-state index contributed by atoms with van der Waals surface area (Å²) in [7, 11) is -1.66. The third kappa shape index (κ3) is 3.78. The highest BCUT2D eigenvalue weighted by Gasteiger charge is 2.34. The van der Waals surface area contributed by atoms with E-state index >= 15 is 0 Å². The van der Waals surface area contributed by atoms with Crippen molar-refractivity contribution in [2.45, 2.75) is 19.4 Å². The monoisotopic (exact) mass is 344 g/mol. The number of benzene rings is 1. The zero-order valence-corrected chi connectivity index (χ0v) is 13.9. The van der Waals surface area contributed by atoms with E-state index in [4.69, 9.17) is 11.6 Å². The van der Waals surface area contributed by atoms with Gasteiger partial charge in [0, 0.05) is 23.8 Å². The van der Waals surface area contributed by atoms with Crippen LogP contribution in [0.5, 0.6) is 0 Å². The zero-order chi connectivity index (χ0) is 16.5. The number of carbonyl (C=O) groups excluding carboxylic acids is 2. The molecule has 1 aromatic carbocycles. The molecular weight excluding hydrogens is 328 g/mol. The van der Waals surface area contributed by atoms with Crippen LogP contribution in [0, 0.1) is 6.92 Å². The van der Waals surface area contributed by atoms with Gasteiger partial charge in [-0.15, -0.1) is 0 Å². The molecule has 0 radical (unpaired) electrons. The Morgan fingerprint density at radius 1 is 1.36 bits per heavy atom. The van der Waals surface area contributed by atoms with Gasteiger partial charge in [-0.25, -0.2) is 8.42 Å². The van der Waals surface area contributed by atoms with E-state index in [-0.39, 0.29) is 11.5 Å². The van der Waals surface area contributed by atoms with Crippen LogP contribution in [-0.2, 0) is 19.4 Å². The fourth-order valence-corrected chi connectivity index (χ4v) is 4.35. The van der Waals surface area contributed by atoms with Gasteiger partial charge in [-0.3, -0.25) is 9.59 Å². The van der Waals surface area contributed by atoms with Crippen LogP contribution in [0.4, 0.5) is 5.69 Å². The molecule has 0 saturated carbocycles. The number of hydrogen-bond acceptors (Lipinski definition) is 4. The highest BCUT2D eigenvalue weighted by Crippen LogP contribution is 2.20. The maximum Gasteiger partial charge on any atom is 0.313 e. The Bertz CT molecular complexity index is 718. The number of hydrogen-bond donors (Lipinski definition) is 1. The molecule has 1 saturated heterocycles. The number of halogens is 1. The van der Waals surface area contributed by atoms with Gasteiger partial charge in [0.15, 0.2) is 9.84 Å². The van der Waals surface area contributed by atoms with E-state index in [1.807, 2.05) is 0 Å². The molecule has 0 aliphatic carbocycles. The summed E-state index contributed by atoms with van der Waals surface area (Å²) in [4.78, 5) is 25.3. The third-order valence-electron chi connectivity index (χ3n) is 3.71. The van der Waals surface area contributed by atoms with Crippen LogP contribution < -0.4 is 5.32 Å². The van der Waals surface area contributed by atoms with Crippen molar-refractivity contribution >= 4 is 38.9 Å². The van der Waals surface area contributed by atoms with Crippen LogP contribution in [0.3, 0.4) is 0 Å². The fourth-order valence-electron chi connectivity index (χ4n) is 2.35. The van der Waals surface area contributed by atoms with Gasteiger partial charge in [-0.05, 0) is 37.1 Å². The molecule has 2 amide bonds. The Morgan fingerprint density at radius 3 is 2.59 bits per heavy atom. The van der Waals surface area contributed by atoms with Gasteiger partial charge in [0.25, 0.3) is 0 Å². The molecule has 1 N–H and O–H groups in total. The first-order chi connectivity index (χ1) is 10.2. The molecule has 120 valence electrons. The molecule has 0 aromatic heterocycles. The molecule has 8 heteroatoms. The lowest BCUT2D eigenvalue weighted by molar-refractivity contribution is -0.143. The Morgan fingerprint density at radius 2 is 2.05 bits per heavy atom. The fraction of sp³-hybridized carbons (Fsp3) is 0.429. The molecule has 1 unspecified atom stereocenters. The topological polar surface area (TPSA) is 83.6 Å². The lowest BCUT2D eigenvalue weighted by Gasteiger charge is -2.22. The summed E-state index contributed by atoms with van der Waals surface area (Å²) in [5.41, 5.74) is 1.23. The minimum Gasteiger partial charge on any atom is -0.333 e. The van der Waals surface area contributed by atoms with Gasteiger partial charge in [-0.1, -0.05) is 11.6 Å². The van der Waals surface area contributed by atoms with E-state index in [1.54, 1.807) is 25.1 Å². The van der Waals surface area contributed by atoms with E-state index in [0.29, 0.717) is 17.1 Å². The maximum absolute atomic E-state index is 12.1. The number of likely N-dealkylation sites (N-methyl/N-ethyl adjacent to an activating group) is 1. The van der Waals surface area contributed by atoms with Crippen molar-refractivity contribution in [2.75, 3.05) is 23.9 Å². The molecular formula is C14H17ClN2O4S. The predicted octanol–water partition coefficient (Wildman–Crippen LogP) is 1.23. The van der Waals surface area contributed by atoms with Crippen LogP contribution >= 0.6 is 11.6 Å². The van der Waals surface area contributed by atoms with Crippen molar-refractivity contribution in [1.29, 1.82) is 0 Å². The largest absolute Gasteiger partial charge is 0.333 e. The Hall–Kier alpha value is -1.60. The van der Waals surface area contributed by atoms with E-state index < -0.39 is 27.7 Å². The number of nitrogens with one attached hydrogen (secondary N) is 1. The average Bonchev–Trinajstić information content (AvgIpc) is 2.80. The quantitative estimate of drug-likeness (QED) is 0.818. The number of sulfone groups is 1. The molecule has 22 heavy (non-hydrogen) atoms. The molecule has 0 spiro atoms. The summed E-state index contributed by atoms with van der Waals surface area (Å²) >= 11 is 5.83. The molecule has 0 bridgehead atoms. The van der Waals surface area contributed by atoms with Crippen molar-refractivity contribution in [1.82, 2.24) is 4.90 Å². The van der Waals surface area contributed by atoms with Gasteiger partial charge in [0.2, 0.25) is 0 Å². The van der Waals surface area contributed by atoms with Gasteiger partial charge >= 0.3 is 11.8 Å². The summed E-state index contributed by atoms with van der Waals surface area (Å²) in [6, 6.07) is 4.45. The molecule has 1 heterocycles. The van der Waals surface area contributed by atoms with Crippen molar-refractivity contribution < 1.29 is 18.0 Å². The van der Waals surface area contributed by atoms with Crippen LogP contribution in [0.1, 0.15) is 12.0 Å². The Balaban J connectivity index is 2.04. The Labute approximate surface area is 134 Å². The average molecular weight is 345 g/mol. The number of carbonyl (C=O) groups is 2. The second-order valence-corrected chi connectivity index (χ2v) is 8.05. The van der Waals surface area contributed by atoms with Crippen molar-refractivity contribution in [3.8, 4) is 0 Å². The van der Waals surface area contributed by atoms with Crippen LogP contribution in [-0.4, -0.2) is 49.7 Å². The lowest BCUT2D eigenvalue weighted by Crippen LogP contribution is -2.43. The van der Waals surface area contributed by atoms with Gasteiger partial charge in [0.05, 0.1) is 11.5 Å². The number of anilines is 1. The first kappa shape index (κ1) is 16.8. The first-order valence-corrected chi connectivity index (χ1v) is 8.94. The molecule has 1 fully saturated rings. The number of rotatable bonds is 2. The number of nitrogens with zero attached hydrogens (tertiary/aromatic N) is 1. The van der Waals surface area contributed by atoms with Crippen molar-refractivity contribution in [3.63, 3.8) is 0 Å². The smallest absolute Gasteiger partial charge is 0.313 e. The van der Waals surface area contributed by atoms with Gasteiger partial charge < -0.3 is 10.2 Å². The van der Waals surface area contributed by atoms with E-state index in [9.17, 15) is 18.0 Å². The van der Waals surface area contributed by atoms with E-state index in [2.05, 4.69) is 5.32 Å². The first-order valence-electron chi connectivity index (χ1n) is 6.74. The molecule has 1 aliphatic rings. The maximum atomic E-state index is 12.1. The number of amides is 2. The van der Waals surface area contributed by atoms with Crippen molar-refractivity contribution in [2.24, 2.45) is 0 Å². The number of aryl methyl sites for hydroxylation is 1. The molecule has 2 rings (SSSR count). The van der Waals surface area contributed by atoms with Crippen LogP contribution in [0.2, 0.25) is 5.02 Å². The normalized spacial score (nSPS) is 19.7. The lowest BCUT2D eigenvalue weighted by atomic mass is 10.2. The van der Waals surface area contributed by atoms with E-state index in [0.717, 1.165) is 5.56 Å². The van der Waals surface area contributed by atoms with Crippen molar-refractivity contribution in [3.05, 3.63) is 28.8 Å². The molecule has 1 aromatic rings. The molecule has 6 nitrogen and oxygen atoms in total. The van der Waals surface area contributed by atoms with Crippen LogP contribution in [0.25, 0.3) is 0 Å². The minimum atomic E-state index is -3.11. The summed E-state index contributed by atoms with van der Waals surface area (Å²) in [6.45, 7) is 1.76. The summed E-state index contributed by atoms with van der Waals surface area (Å²) in [5.74, 6) is -1.59. The van der Waals surface area contributed by atoms with Gasteiger partial charge in [-0.2, -0.15) is 0 Å². The van der Waals surface area contributed by atoms with Crippen LogP contribution in [0.15, 0.2) is 18.2 Å². The summed E-state index contributed by atoms with van der Waals surface area (Å²) < 4.78 is 22.9. The second kappa shape index (κ2) is 6.26. The standard InChI is InChI=1S/C14H17ClN2O4S/c1-9-7-10(15)3-4-12(9)16-13(18)14(19)17(2)11-5-6-22(20,21)8-11/h3-4,7,11H,5-6,8H2,1-2H3,(H,16,18). The SMILES string of the molecule is Cc1cc(Cl)ccc1NC(=O)C(=O)N(C)C1CCS(=O)(=O)C1. The van der Waals surface area contributed by atoms with Gasteiger partial charge in [0.1, 0.15) is 0 Å². The second-order valence-electron chi connectivity index (χ2n) is 5.39. The summed E-state index contributed by atoms with van der Waals surface area (Å²) in [5, 5.41) is 3.06. The Kier molecular flexibility index (Phi) is 4.77. The highest BCUT2D eigenvalue weighted by atomic mass is 35.5. The third-order valence-corrected chi connectivity index (χ3v) is 5.69.